The molecule has 24 heavy (non-hydrogen) atoms. The van der Waals surface area contributed by atoms with Crippen molar-refractivity contribution in [3.8, 4) is 0 Å². The molecule has 0 saturated heterocycles. The van der Waals surface area contributed by atoms with E-state index in [0.29, 0.717) is 0 Å². The normalized spacial score (nSPS) is 11.3. The van der Waals surface area contributed by atoms with Crippen LogP contribution in [0.15, 0.2) is 24.3 Å². The van der Waals surface area contributed by atoms with Gasteiger partial charge in [-0.25, -0.2) is 18.6 Å². The van der Waals surface area contributed by atoms with E-state index in [0.717, 1.165) is 18.4 Å². The summed E-state index contributed by atoms with van der Waals surface area (Å²) < 4.78 is 32.5. The van der Waals surface area contributed by atoms with E-state index in [9.17, 15) is 13.6 Å². The predicted molar refractivity (Wildman–Crippen MR) is 93.2 cm³/mol. The van der Waals surface area contributed by atoms with Crippen molar-refractivity contribution in [2.45, 2.75) is 19.6 Å². The number of halogens is 3. The maximum Gasteiger partial charge on any atom is 0.341 e. The number of carbonyl (C=O) groups excluding carboxylic acids is 1. The molecule has 0 radical (unpaired) electrons. The van der Waals surface area contributed by atoms with Crippen LogP contribution in [0.2, 0.25) is 24.8 Å². The number of aromatic nitrogens is 1. The summed E-state index contributed by atoms with van der Waals surface area (Å²) in [6.07, 6.45) is 0. The zero-order chi connectivity index (χ0) is 18.1. The van der Waals surface area contributed by atoms with E-state index in [-0.39, 0.29) is 17.1 Å². The fraction of sp³-hybridized carbons (Fsp3) is 0.250. The third-order valence-electron chi connectivity index (χ3n) is 3.43. The van der Waals surface area contributed by atoms with Gasteiger partial charge < -0.3 is 10.1 Å². The van der Waals surface area contributed by atoms with Crippen LogP contribution in [0.3, 0.4) is 0 Å². The van der Waals surface area contributed by atoms with Crippen LogP contribution >= 0.6 is 11.6 Å². The lowest BCUT2D eigenvalue weighted by molar-refractivity contribution is 0.0601. The van der Waals surface area contributed by atoms with E-state index in [1.165, 1.54) is 6.07 Å². The highest BCUT2D eigenvalue weighted by atomic mass is 35.5. The lowest BCUT2D eigenvalue weighted by Crippen LogP contribution is -2.37. The molecule has 0 spiro atoms. The second-order valence-corrected chi connectivity index (χ2v) is 11.7. The molecule has 0 atom stereocenters. The zero-order valence-electron chi connectivity index (χ0n) is 13.7. The molecule has 0 amide bonds. The highest BCUT2D eigenvalue weighted by molar-refractivity contribution is 6.88. The fourth-order valence-corrected chi connectivity index (χ4v) is 3.32. The standard InChI is InChI=1S/C16H17ClF2N2O2Si/c1-23-16(22)10-8-12(19)14(17)21-15(10)20-13-6-5-9(7-11(13)18)24(2,3)4/h5-8H,1-4H3,(H,20,21)/q-1. The first kappa shape index (κ1) is 18.3. The smallest absolute Gasteiger partial charge is 0.341 e. The molecule has 0 bridgehead atoms. The first-order valence-corrected chi connectivity index (χ1v) is 11.0. The highest BCUT2D eigenvalue weighted by Crippen LogP contribution is 2.25. The van der Waals surface area contributed by atoms with Crippen molar-refractivity contribution in [1.29, 1.82) is 0 Å². The molecular weight excluding hydrogens is 354 g/mol. The lowest BCUT2D eigenvalue weighted by atomic mass is 10.2. The van der Waals surface area contributed by atoms with Gasteiger partial charge >= 0.3 is 5.97 Å². The van der Waals surface area contributed by atoms with Gasteiger partial charge in [-0.1, -0.05) is 23.7 Å². The lowest BCUT2D eigenvalue weighted by Gasteiger charge is -2.29. The van der Waals surface area contributed by atoms with Crippen LogP contribution in [0, 0.1) is 11.6 Å². The van der Waals surface area contributed by atoms with Crippen molar-refractivity contribution < 1.29 is 18.3 Å². The Morgan fingerprint density at radius 3 is 2.42 bits per heavy atom. The maximum absolute atomic E-state index is 14.4. The van der Waals surface area contributed by atoms with E-state index in [1.807, 2.05) is 6.07 Å². The number of rotatable bonds is 4. The molecule has 8 heteroatoms. The largest absolute Gasteiger partial charge is 0.465 e. The minimum absolute atomic E-state index is 0.0760. The van der Waals surface area contributed by atoms with Crippen LogP contribution in [0.4, 0.5) is 20.3 Å². The van der Waals surface area contributed by atoms with Gasteiger partial charge in [-0.3, -0.25) is 0 Å². The van der Waals surface area contributed by atoms with Crippen molar-refractivity contribution in [1.82, 2.24) is 4.98 Å². The molecular formula is C16H17ClF2N2O2Si-. The summed E-state index contributed by atoms with van der Waals surface area (Å²) in [5.74, 6) is -2.24. The molecule has 0 unspecified atom stereocenters. The monoisotopic (exact) mass is 370 g/mol. The predicted octanol–water partition coefficient (Wildman–Crippen LogP) is 4.09. The van der Waals surface area contributed by atoms with Crippen molar-refractivity contribution in [2.24, 2.45) is 0 Å². The van der Waals surface area contributed by atoms with Gasteiger partial charge in [-0.05, 0) is 12.1 Å². The number of esters is 1. The SMILES string of the molecule is COC(=O)c1cc(F)c(Cl)nc1Nc1ccc([Si-](C)(C)C)cc1F. The van der Waals surface area contributed by atoms with E-state index in [2.05, 4.69) is 34.7 Å². The van der Waals surface area contributed by atoms with E-state index < -0.39 is 30.8 Å². The Morgan fingerprint density at radius 2 is 1.88 bits per heavy atom. The van der Waals surface area contributed by atoms with Gasteiger partial charge in [0.1, 0.15) is 17.2 Å². The van der Waals surface area contributed by atoms with E-state index in [1.54, 1.807) is 6.07 Å². The zero-order valence-corrected chi connectivity index (χ0v) is 15.5. The van der Waals surface area contributed by atoms with Crippen LogP contribution < -0.4 is 10.5 Å². The molecule has 2 rings (SSSR count). The van der Waals surface area contributed by atoms with Gasteiger partial charge in [0, 0.05) is 0 Å². The number of nitrogens with one attached hydrogen (secondary N) is 1. The molecule has 4 nitrogen and oxygen atoms in total. The molecule has 0 aliphatic rings. The molecule has 2 aromatic rings. The molecule has 0 saturated carbocycles. The molecule has 0 aliphatic carbocycles. The van der Waals surface area contributed by atoms with Gasteiger partial charge in [-0.15, -0.1) is 8.07 Å². The first-order valence-electron chi connectivity index (χ1n) is 7.15. The number of hydrogen-bond donors (Lipinski definition) is 1. The van der Waals surface area contributed by atoms with Crippen LogP contribution in [-0.4, -0.2) is 26.1 Å². The summed E-state index contributed by atoms with van der Waals surface area (Å²) in [7, 11) is -0.504. The summed E-state index contributed by atoms with van der Waals surface area (Å²) in [5, 5.41) is 3.20. The van der Waals surface area contributed by atoms with Gasteiger partial charge in [0.25, 0.3) is 0 Å². The maximum atomic E-state index is 14.4. The first-order chi connectivity index (χ1) is 11.1. The molecule has 1 aromatic carbocycles. The Labute approximate surface area is 144 Å². The van der Waals surface area contributed by atoms with Crippen LogP contribution in [0.1, 0.15) is 10.4 Å². The Morgan fingerprint density at radius 1 is 1.21 bits per heavy atom. The van der Waals surface area contributed by atoms with Crippen molar-refractivity contribution >= 4 is 42.3 Å². The number of anilines is 2. The molecule has 0 aliphatic heterocycles. The molecule has 0 fully saturated rings. The van der Waals surface area contributed by atoms with Crippen LogP contribution in [0.25, 0.3) is 0 Å². The summed E-state index contributed by atoms with van der Waals surface area (Å²) in [5.41, 5.74) is -0.0644. The van der Waals surface area contributed by atoms with Crippen molar-refractivity contribution in [2.75, 3.05) is 12.4 Å². The topological polar surface area (TPSA) is 51.2 Å². The minimum atomic E-state index is -1.66. The highest BCUT2D eigenvalue weighted by Gasteiger charge is 2.19. The Balaban J connectivity index is 2.44. The Bertz CT molecular complexity index is 794. The molecule has 1 N–H and O–H groups in total. The van der Waals surface area contributed by atoms with Gasteiger partial charge in [0.15, 0.2) is 11.0 Å². The Hall–Kier alpha value is -1.99. The second kappa shape index (κ2) is 6.86. The summed E-state index contributed by atoms with van der Waals surface area (Å²) in [6.45, 7) is 6.31. The quantitative estimate of drug-likeness (QED) is 0.500. The molecule has 1 aromatic heterocycles. The number of carbonyl (C=O) groups is 1. The summed E-state index contributed by atoms with van der Waals surface area (Å²) in [6, 6.07) is 5.73. The summed E-state index contributed by atoms with van der Waals surface area (Å²) >= 11 is 5.66. The van der Waals surface area contributed by atoms with Crippen molar-refractivity contribution in [3.05, 3.63) is 46.6 Å². The summed E-state index contributed by atoms with van der Waals surface area (Å²) in [4.78, 5) is 15.5. The number of ether oxygens (including phenoxy) is 1. The Kier molecular flexibility index (Phi) is 5.25. The van der Waals surface area contributed by atoms with Gasteiger partial charge in [-0.2, -0.15) is 24.8 Å². The number of pyridine rings is 1. The van der Waals surface area contributed by atoms with E-state index >= 15 is 0 Å². The average Bonchev–Trinajstić information content (AvgIpc) is 2.50. The van der Waals surface area contributed by atoms with Crippen LogP contribution in [0.5, 0.6) is 0 Å². The van der Waals surface area contributed by atoms with Gasteiger partial charge in [0.05, 0.1) is 12.8 Å². The fourth-order valence-electron chi connectivity index (χ4n) is 2.04. The molecule has 1 heterocycles. The van der Waals surface area contributed by atoms with Crippen LogP contribution in [-0.2, 0) is 4.74 Å². The minimum Gasteiger partial charge on any atom is -0.465 e. The number of benzene rings is 1. The second-order valence-electron chi connectivity index (χ2n) is 6.22. The third kappa shape index (κ3) is 3.91. The third-order valence-corrected chi connectivity index (χ3v) is 5.73. The van der Waals surface area contributed by atoms with Crippen molar-refractivity contribution in [3.63, 3.8) is 0 Å². The molecule has 129 valence electrons. The number of nitrogens with zero attached hydrogens (tertiary/aromatic N) is 1. The number of hydrogen-bond acceptors (Lipinski definition) is 4. The average molecular weight is 371 g/mol. The van der Waals surface area contributed by atoms with Gasteiger partial charge in [0.2, 0.25) is 0 Å². The van der Waals surface area contributed by atoms with E-state index in [4.69, 9.17) is 11.6 Å². The number of methoxy groups -OCH3 is 1.